The molecular weight excluding hydrogens is 235 g/mol. The monoisotopic (exact) mass is 249 g/mol. The fourth-order valence-corrected chi connectivity index (χ4v) is 1.43. The molecule has 96 valence electrons. The van der Waals surface area contributed by atoms with Crippen LogP contribution in [-0.2, 0) is 6.54 Å². The van der Waals surface area contributed by atoms with Gasteiger partial charge in [-0.25, -0.2) is 0 Å². The molecule has 0 saturated heterocycles. The first kappa shape index (κ1) is 13.8. The molecule has 0 aliphatic heterocycles. The van der Waals surface area contributed by atoms with Crippen LogP contribution in [-0.4, -0.2) is 35.4 Å². The maximum absolute atomic E-state index is 12.3. The first-order chi connectivity index (χ1) is 7.71. The zero-order valence-electron chi connectivity index (χ0n) is 9.49. The van der Waals surface area contributed by atoms with Crippen LogP contribution in [0.4, 0.5) is 13.2 Å². The zero-order chi connectivity index (χ0) is 13.2. The summed E-state index contributed by atoms with van der Waals surface area (Å²) < 4.78 is 36.9. The number of benzene rings is 1. The van der Waals surface area contributed by atoms with Crippen molar-refractivity contribution in [3.63, 3.8) is 0 Å². The molecule has 1 aromatic carbocycles. The summed E-state index contributed by atoms with van der Waals surface area (Å²) in [6.45, 7) is 0.296. The van der Waals surface area contributed by atoms with E-state index in [2.05, 4.69) is 0 Å². The van der Waals surface area contributed by atoms with E-state index in [-0.39, 0.29) is 11.3 Å². The van der Waals surface area contributed by atoms with Crippen LogP contribution in [0.1, 0.15) is 17.2 Å². The molecule has 3 nitrogen and oxygen atoms in total. The molecule has 0 aromatic heterocycles. The summed E-state index contributed by atoms with van der Waals surface area (Å²) >= 11 is 0. The van der Waals surface area contributed by atoms with Gasteiger partial charge < -0.3 is 15.1 Å². The predicted octanol–water partition coefficient (Wildman–Crippen LogP) is 2.05. The van der Waals surface area contributed by atoms with Gasteiger partial charge in [0.2, 0.25) is 0 Å². The Morgan fingerprint density at radius 3 is 2.35 bits per heavy atom. The third kappa shape index (κ3) is 3.61. The van der Waals surface area contributed by atoms with Gasteiger partial charge in [0.25, 0.3) is 0 Å². The standard InChI is InChI=1S/C11H14F3NO2/c1-15(2)6-8-5-7(3-4-9(8)16)10(17)11(12,13)14/h3-5,10,16-17H,6H2,1-2H3/t10-/m0/s1. The van der Waals surface area contributed by atoms with Gasteiger partial charge in [-0.3, -0.25) is 0 Å². The average Bonchev–Trinajstić information content (AvgIpc) is 2.18. The molecule has 0 amide bonds. The number of halogens is 3. The highest BCUT2D eigenvalue weighted by atomic mass is 19.4. The molecule has 0 unspecified atom stereocenters. The summed E-state index contributed by atoms with van der Waals surface area (Å²) in [7, 11) is 3.46. The lowest BCUT2D eigenvalue weighted by Crippen LogP contribution is -2.20. The molecule has 0 spiro atoms. The molecule has 2 N–H and O–H groups in total. The van der Waals surface area contributed by atoms with Crippen molar-refractivity contribution in [2.45, 2.75) is 18.8 Å². The van der Waals surface area contributed by atoms with E-state index in [0.717, 1.165) is 18.2 Å². The van der Waals surface area contributed by atoms with Crippen LogP contribution in [0.2, 0.25) is 0 Å². The molecule has 1 rings (SSSR count). The molecule has 6 heteroatoms. The number of hydrogen-bond acceptors (Lipinski definition) is 3. The SMILES string of the molecule is CN(C)Cc1cc([C@H](O)C(F)(F)F)ccc1O. The number of rotatable bonds is 3. The third-order valence-corrected chi connectivity index (χ3v) is 2.22. The number of aromatic hydroxyl groups is 1. The number of phenolic OH excluding ortho intramolecular Hbond substituents is 1. The van der Waals surface area contributed by atoms with Crippen molar-refractivity contribution in [1.82, 2.24) is 4.90 Å². The largest absolute Gasteiger partial charge is 0.508 e. The number of aliphatic hydroxyl groups is 1. The summed E-state index contributed by atoms with van der Waals surface area (Å²) in [6, 6.07) is 3.38. The van der Waals surface area contributed by atoms with Crippen molar-refractivity contribution >= 4 is 0 Å². The number of hydrogen-bond donors (Lipinski definition) is 2. The van der Waals surface area contributed by atoms with Gasteiger partial charge in [0, 0.05) is 12.1 Å². The van der Waals surface area contributed by atoms with Gasteiger partial charge in [-0.05, 0) is 31.8 Å². The molecule has 0 radical (unpaired) electrons. The van der Waals surface area contributed by atoms with Gasteiger partial charge >= 0.3 is 6.18 Å². The molecule has 0 aliphatic rings. The van der Waals surface area contributed by atoms with E-state index in [1.807, 2.05) is 0 Å². The Morgan fingerprint density at radius 2 is 1.88 bits per heavy atom. The smallest absolute Gasteiger partial charge is 0.418 e. The van der Waals surface area contributed by atoms with Crippen LogP contribution in [0.5, 0.6) is 5.75 Å². The Hall–Kier alpha value is -1.27. The predicted molar refractivity (Wildman–Crippen MR) is 56.5 cm³/mol. The van der Waals surface area contributed by atoms with Crippen LogP contribution < -0.4 is 0 Å². The maximum atomic E-state index is 12.3. The van der Waals surface area contributed by atoms with Gasteiger partial charge in [-0.15, -0.1) is 0 Å². The molecular formula is C11H14F3NO2. The molecule has 0 aliphatic carbocycles. The van der Waals surface area contributed by atoms with Crippen LogP contribution in [0.15, 0.2) is 18.2 Å². The number of phenols is 1. The normalized spacial score (nSPS) is 14.1. The van der Waals surface area contributed by atoms with Crippen molar-refractivity contribution in [2.75, 3.05) is 14.1 Å². The average molecular weight is 249 g/mol. The minimum absolute atomic E-state index is 0.0863. The first-order valence-corrected chi connectivity index (χ1v) is 4.93. The van der Waals surface area contributed by atoms with E-state index in [4.69, 9.17) is 5.11 Å². The van der Waals surface area contributed by atoms with Gasteiger partial charge in [-0.2, -0.15) is 13.2 Å². The summed E-state index contributed by atoms with van der Waals surface area (Å²) in [5.74, 6) is -0.0863. The van der Waals surface area contributed by atoms with E-state index in [0.29, 0.717) is 12.1 Å². The van der Waals surface area contributed by atoms with Gasteiger partial charge in [0.1, 0.15) is 5.75 Å². The fraction of sp³-hybridized carbons (Fsp3) is 0.455. The van der Waals surface area contributed by atoms with Gasteiger partial charge in [-0.1, -0.05) is 6.07 Å². The number of alkyl halides is 3. The van der Waals surface area contributed by atoms with E-state index in [9.17, 15) is 18.3 Å². The summed E-state index contributed by atoms with van der Waals surface area (Å²) in [5.41, 5.74) is 0.0722. The fourth-order valence-electron chi connectivity index (χ4n) is 1.43. The van der Waals surface area contributed by atoms with E-state index >= 15 is 0 Å². The van der Waals surface area contributed by atoms with Crippen LogP contribution in [0, 0.1) is 0 Å². The number of nitrogens with zero attached hydrogens (tertiary/aromatic N) is 1. The molecule has 17 heavy (non-hydrogen) atoms. The molecule has 1 aromatic rings. The summed E-state index contributed by atoms with van der Waals surface area (Å²) in [4.78, 5) is 1.71. The Balaban J connectivity index is 3.04. The quantitative estimate of drug-likeness (QED) is 0.861. The maximum Gasteiger partial charge on any atom is 0.418 e. The first-order valence-electron chi connectivity index (χ1n) is 4.93. The van der Waals surface area contributed by atoms with Gasteiger partial charge in [0.15, 0.2) is 6.10 Å². The third-order valence-electron chi connectivity index (χ3n) is 2.22. The second-order valence-electron chi connectivity index (χ2n) is 4.07. The van der Waals surface area contributed by atoms with Crippen molar-refractivity contribution < 1.29 is 23.4 Å². The highest BCUT2D eigenvalue weighted by Gasteiger charge is 2.39. The Morgan fingerprint density at radius 1 is 1.29 bits per heavy atom. The second kappa shape index (κ2) is 4.93. The minimum Gasteiger partial charge on any atom is -0.508 e. The van der Waals surface area contributed by atoms with Crippen molar-refractivity contribution in [2.24, 2.45) is 0 Å². The topological polar surface area (TPSA) is 43.7 Å². The van der Waals surface area contributed by atoms with Crippen molar-refractivity contribution in [3.05, 3.63) is 29.3 Å². The molecule has 0 heterocycles. The Labute approximate surface area is 97.1 Å². The lowest BCUT2D eigenvalue weighted by Gasteiger charge is -2.17. The summed E-state index contributed by atoms with van der Waals surface area (Å²) in [5, 5.41) is 18.6. The van der Waals surface area contributed by atoms with Crippen LogP contribution >= 0.6 is 0 Å². The highest BCUT2D eigenvalue weighted by molar-refractivity contribution is 5.37. The minimum atomic E-state index is -4.70. The molecule has 0 fully saturated rings. The second-order valence-corrected chi connectivity index (χ2v) is 4.07. The van der Waals surface area contributed by atoms with E-state index < -0.39 is 12.3 Å². The summed E-state index contributed by atoms with van der Waals surface area (Å²) in [6.07, 6.45) is -7.23. The Bertz CT molecular complexity index is 391. The Kier molecular flexibility index (Phi) is 4.00. The van der Waals surface area contributed by atoms with Crippen LogP contribution in [0.25, 0.3) is 0 Å². The van der Waals surface area contributed by atoms with Crippen LogP contribution in [0.3, 0.4) is 0 Å². The molecule has 1 atom stereocenters. The molecule has 0 saturated carbocycles. The zero-order valence-corrected chi connectivity index (χ0v) is 9.49. The van der Waals surface area contributed by atoms with E-state index in [1.165, 1.54) is 0 Å². The highest BCUT2D eigenvalue weighted by Crippen LogP contribution is 2.34. The van der Waals surface area contributed by atoms with Crippen molar-refractivity contribution in [1.29, 1.82) is 0 Å². The lowest BCUT2D eigenvalue weighted by molar-refractivity contribution is -0.206. The number of aliphatic hydroxyl groups excluding tert-OH is 1. The molecule has 0 bridgehead atoms. The van der Waals surface area contributed by atoms with E-state index in [1.54, 1.807) is 19.0 Å². The van der Waals surface area contributed by atoms with Crippen molar-refractivity contribution in [3.8, 4) is 5.75 Å². The van der Waals surface area contributed by atoms with Gasteiger partial charge in [0.05, 0.1) is 0 Å². The lowest BCUT2D eigenvalue weighted by atomic mass is 10.0.